The number of halogens is 1. The monoisotopic (exact) mass is 288 g/mol. The molecule has 0 fully saturated rings. The largest absolute Gasteiger partial charge is 0.350 e. The quantitative estimate of drug-likeness (QED) is 0.844. The lowest BCUT2D eigenvalue weighted by Crippen LogP contribution is -2.51. The van der Waals surface area contributed by atoms with E-state index in [0.717, 1.165) is 6.26 Å². The number of carbonyl (C=O) groups excluding carboxylic acids is 1. The fourth-order valence-corrected chi connectivity index (χ4v) is 2.66. The molecule has 0 heterocycles. The van der Waals surface area contributed by atoms with Crippen molar-refractivity contribution >= 4 is 15.9 Å². The van der Waals surface area contributed by atoms with Crippen molar-refractivity contribution in [3.05, 3.63) is 35.6 Å². The number of sulfonamides is 1. The summed E-state index contributed by atoms with van der Waals surface area (Å²) in [6.45, 7) is 3.29. The van der Waals surface area contributed by atoms with Crippen molar-refractivity contribution in [1.82, 2.24) is 10.0 Å². The van der Waals surface area contributed by atoms with Gasteiger partial charge < -0.3 is 5.32 Å². The highest BCUT2D eigenvalue weighted by molar-refractivity contribution is 7.88. The Morgan fingerprint density at radius 2 is 1.89 bits per heavy atom. The summed E-state index contributed by atoms with van der Waals surface area (Å²) in [6, 6.07) is 5.59. The Bertz CT molecular complexity index is 570. The summed E-state index contributed by atoms with van der Waals surface area (Å²) in [5, 5.41) is 2.50. The topological polar surface area (TPSA) is 75.3 Å². The summed E-state index contributed by atoms with van der Waals surface area (Å²) >= 11 is 0. The van der Waals surface area contributed by atoms with Crippen LogP contribution in [0, 0.1) is 5.82 Å². The molecule has 1 aromatic rings. The number of carbonyl (C=O) groups is 1. The minimum atomic E-state index is -3.38. The predicted octanol–water partition coefficient (Wildman–Crippen LogP) is 0.883. The number of amides is 1. The molecule has 106 valence electrons. The number of nitrogens with one attached hydrogen (secondary N) is 2. The molecule has 7 heteroatoms. The third-order valence-corrected chi connectivity index (χ3v) is 3.19. The number of benzene rings is 1. The number of hydrogen-bond donors (Lipinski definition) is 2. The van der Waals surface area contributed by atoms with Crippen LogP contribution in [-0.4, -0.2) is 32.7 Å². The molecule has 0 spiro atoms. The molecule has 0 aliphatic rings. The van der Waals surface area contributed by atoms with E-state index in [1.54, 1.807) is 19.9 Å². The van der Waals surface area contributed by atoms with Crippen molar-refractivity contribution in [2.45, 2.75) is 19.4 Å². The Hall–Kier alpha value is -1.47. The number of rotatable bonds is 5. The first-order chi connectivity index (χ1) is 8.61. The maximum absolute atomic E-state index is 13.4. The molecule has 1 aromatic carbocycles. The first kappa shape index (κ1) is 15.6. The summed E-state index contributed by atoms with van der Waals surface area (Å²) < 4.78 is 38.0. The summed E-state index contributed by atoms with van der Waals surface area (Å²) in [4.78, 5) is 11.7. The van der Waals surface area contributed by atoms with E-state index in [2.05, 4.69) is 10.0 Å². The van der Waals surface area contributed by atoms with E-state index < -0.39 is 27.3 Å². The maximum Gasteiger partial charge on any atom is 0.254 e. The smallest absolute Gasteiger partial charge is 0.254 e. The summed E-state index contributed by atoms with van der Waals surface area (Å²) in [6.07, 6.45) is 1.04. The molecule has 0 radical (unpaired) electrons. The summed E-state index contributed by atoms with van der Waals surface area (Å²) in [5.74, 6) is -1.20. The Labute approximate surface area is 112 Å². The van der Waals surface area contributed by atoms with Crippen molar-refractivity contribution in [2.75, 3.05) is 12.8 Å². The lowest BCUT2D eigenvalue weighted by atomic mass is 10.1. The molecule has 0 bridgehead atoms. The molecule has 1 amide bonds. The molecule has 0 atom stereocenters. The summed E-state index contributed by atoms with van der Waals surface area (Å²) in [7, 11) is -3.38. The van der Waals surface area contributed by atoms with Crippen molar-refractivity contribution in [1.29, 1.82) is 0 Å². The molecule has 5 nitrogen and oxygen atoms in total. The van der Waals surface area contributed by atoms with E-state index in [-0.39, 0.29) is 12.1 Å². The van der Waals surface area contributed by atoms with E-state index in [1.165, 1.54) is 18.2 Å². The standard InChI is InChI=1S/C12H17FN2O3S/c1-12(2,15-19(3,17)18)8-14-11(16)9-6-4-5-7-10(9)13/h4-7,15H,8H2,1-3H3,(H,14,16). The SMILES string of the molecule is CC(C)(CNC(=O)c1ccccc1F)NS(C)(=O)=O. The van der Waals surface area contributed by atoms with Crippen LogP contribution in [0.15, 0.2) is 24.3 Å². The van der Waals surface area contributed by atoms with E-state index in [0.29, 0.717) is 0 Å². The van der Waals surface area contributed by atoms with Crippen LogP contribution in [0.2, 0.25) is 0 Å². The average molecular weight is 288 g/mol. The van der Waals surface area contributed by atoms with Crippen LogP contribution in [0.3, 0.4) is 0 Å². The average Bonchev–Trinajstić information content (AvgIpc) is 2.23. The van der Waals surface area contributed by atoms with Crippen LogP contribution >= 0.6 is 0 Å². The lowest BCUT2D eigenvalue weighted by Gasteiger charge is -2.25. The first-order valence-corrected chi connectivity index (χ1v) is 7.51. The van der Waals surface area contributed by atoms with Gasteiger partial charge in [0.25, 0.3) is 5.91 Å². The molecule has 1 rings (SSSR count). The van der Waals surface area contributed by atoms with Gasteiger partial charge in [-0.1, -0.05) is 12.1 Å². The van der Waals surface area contributed by atoms with Gasteiger partial charge in [0.05, 0.1) is 11.8 Å². The fraction of sp³-hybridized carbons (Fsp3) is 0.417. The van der Waals surface area contributed by atoms with Crippen LogP contribution in [-0.2, 0) is 10.0 Å². The Balaban J connectivity index is 2.67. The molecule has 0 saturated heterocycles. The van der Waals surface area contributed by atoms with Crippen LogP contribution in [0.1, 0.15) is 24.2 Å². The van der Waals surface area contributed by atoms with Gasteiger partial charge in [-0.25, -0.2) is 17.5 Å². The second-order valence-electron chi connectivity index (χ2n) is 4.92. The van der Waals surface area contributed by atoms with E-state index in [4.69, 9.17) is 0 Å². The van der Waals surface area contributed by atoms with Gasteiger partial charge in [0.15, 0.2) is 0 Å². The zero-order chi connectivity index (χ0) is 14.7. The molecule has 0 aromatic heterocycles. The fourth-order valence-electron chi connectivity index (χ4n) is 1.58. The van der Waals surface area contributed by atoms with Gasteiger partial charge in [-0.3, -0.25) is 4.79 Å². The third-order valence-electron chi connectivity index (χ3n) is 2.27. The molecule has 2 N–H and O–H groups in total. The molecule has 19 heavy (non-hydrogen) atoms. The number of hydrogen-bond acceptors (Lipinski definition) is 3. The van der Waals surface area contributed by atoms with Gasteiger partial charge in [0.2, 0.25) is 10.0 Å². The van der Waals surface area contributed by atoms with Gasteiger partial charge in [-0.15, -0.1) is 0 Å². The molecule has 0 unspecified atom stereocenters. The third kappa shape index (κ3) is 5.35. The summed E-state index contributed by atoms with van der Waals surface area (Å²) in [5.41, 5.74) is -0.924. The normalized spacial score (nSPS) is 12.2. The molecule has 0 aliphatic carbocycles. The van der Waals surface area contributed by atoms with Crippen molar-refractivity contribution < 1.29 is 17.6 Å². The van der Waals surface area contributed by atoms with Gasteiger partial charge >= 0.3 is 0 Å². The van der Waals surface area contributed by atoms with Crippen molar-refractivity contribution in [3.8, 4) is 0 Å². The Kier molecular flexibility index (Phi) is 4.65. The highest BCUT2D eigenvalue weighted by Crippen LogP contribution is 2.07. The molecule has 0 aliphatic heterocycles. The van der Waals surface area contributed by atoms with E-state index in [9.17, 15) is 17.6 Å². The lowest BCUT2D eigenvalue weighted by molar-refractivity contribution is 0.0940. The minimum Gasteiger partial charge on any atom is -0.350 e. The Morgan fingerprint density at radius 3 is 2.42 bits per heavy atom. The zero-order valence-electron chi connectivity index (χ0n) is 11.0. The molecular formula is C12H17FN2O3S. The second-order valence-corrected chi connectivity index (χ2v) is 6.67. The van der Waals surface area contributed by atoms with E-state index in [1.807, 2.05) is 0 Å². The van der Waals surface area contributed by atoms with Gasteiger partial charge in [-0.05, 0) is 26.0 Å². The predicted molar refractivity (Wildman–Crippen MR) is 70.8 cm³/mol. The van der Waals surface area contributed by atoms with Crippen LogP contribution in [0.4, 0.5) is 4.39 Å². The minimum absolute atomic E-state index is 0.0488. The Morgan fingerprint density at radius 1 is 1.32 bits per heavy atom. The van der Waals surface area contributed by atoms with Crippen LogP contribution in [0.5, 0.6) is 0 Å². The van der Waals surface area contributed by atoms with Gasteiger partial charge in [-0.2, -0.15) is 0 Å². The van der Waals surface area contributed by atoms with E-state index >= 15 is 0 Å². The van der Waals surface area contributed by atoms with Crippen molar-refractivity contribution in [3.63, 3.8) is 0 Å². The highest BCUT2D eigenvalue weighted by atomic mass is 32.2. The zero-order valence-corrected chi connectivity index (χ0v) is 11.8. The first-order valence-electron chi connectivity index (χ1n) is 5.62. The second kappa shape index (κ2) is 5.66. The highest BCUT2D eigenvalue weighted by Gasteiger charge is 2.23. The van der Waals surface area contributed by atoms with Gasteiger partial charge in [0.1, 0.15) is 5.82 Å². The maximum atomic E-state index is 13.4. The molecule has 0 saturated carbocycles. The van der Waals surface area contributed by atoms with Crippen LogP contribution < -0.4 is 10.0 Å². The van der Waals surface area contributed by atoms with Crippen LogP contribution in [0.25, 0.3) is 0 Å². The van der Waals surface area contributed by atoms with Gasteiger partial charge in [0, 0.05) is 12.1 Å². The molecular weight excluding hydrogens is 271 g/mol. The van der Waals surface area contributed by atoms with Crippen molar-refractivity contribution in [2.24, 2.45) is 0 Å².